The highest BCUT2D eigenvalue weighted by atomic mass is 16.5. The molecule has 18 heavy (non-hydrogen) atoms. The van der Waals surface area contributed by atoms with Crippen LogP contribution in [0.5, 0.6) is 5.88 Å². The van der Waals surface area contributed by atoms with Gasteiger partial charge in [-0.2, -0.15) is 0 Å². The molecule has 2 unspecified atom stereocenters. The molecule has 1 aliphatic rings. The van der Waals surface area contributed by atoms with Crippen molar-refractivity contribution in [1.82, 2.24) is 9.97 Å². The first-order valence-corrected chi connectivity index (χ1v) is 5.98. The highest BCUT2D eigenvalue weighted by molar-refractivity contribution is 5.72. The Balaban J connectivity index is 2.16. The van der Waals surface area contributed by atoms with Crippen LogP contribution < -0.4 is 10.1 Å². The fourth-order valence-corrected chi connectivity index (χ4v) is 2.39. The summed E-state index contributed by atoms with van der Waals surface area (Å²) in [7, 11) is 1.55. The first-order chi connectivity index (χ1) is 8.63. The van der Waals surface area contributed by atoms with Gasteiger partial charge in [-0.3, -0.25) is 4.79 Å². The van der Waals surface area contributed by atoms with E-state index in [2.05, 4.69) is 15.3 Å². The van der Waals surface area contributed by atoms with E-state index in [1.54, 1.807) is 7.11 Å². The summed E-state index contributed by atoms with van der Waals surface area (Å²) in [5.41, 5.74) is 0.802. The van der Waals surface area contributed by atoms with Gasteiger partial charge in [-0.05, 0) is 19.8 Å². The number of nitrogens with zero attached hydrogens (tertiary/aromatic N) is 2. The summed E-state index contributed by atoms with van der Waals surface area (Å²) in [5, 5.41) is 12.3. The van der Waals surface area contributed by atoms with Crippen LogP contribution in [0.1, 0.15) is 24.8 Å². The van der Waals surface area contributed by atoms with Crippen molar-refractivity contribution in [3.05, 3.63) is 11.9 Å². The molecular formula is C12H17N3O3. The molecule has 98 valence electrons. The Labute approximate surface area is 105 Å². The lowest BCUT2D eigenvalue weighted by Gasteiger charge is -2.19. The van der Waals surface area contributed by atoms with Crippen LogP contribution in [0.15, 0.2) is 6.33 Å². The van der Waals surface area contributed by atoms with E-state index in [9.17, 15) is 4.79 Å². The van der Waals surface area contributed by atoms with Crippen LogP contribution in [-0.2, 0) is 4.79 Å². The molecule has 2 N–H and O–H groups in total. The molecule has 2 atom stereocenters. The Morgan fingerprint density at radius 2 is 2.28 bits per heavy atom. The molecule has 2 rings (SSSR count). The molecule has 0 bridgehead atoms. The maximum absolute atomic E-state index is 11.1. The van der Waals surface area contributed by atoms with Gasteiger partial charge in [0.05, 0.1) is 18.6 Å². The summed E-state index contributed by atoms with van der Waals surface area (Å²) >= 11 is 0. The molecule has 1 fully saturated rings. The Morgan fingerprint density at radius 1 is 1.50 bits per heavy atom. The van der Waals surface area contributed by atoms with Crippen LogP contribution in [0.25, 0.3) is 0 Å². The fraction of sp³-hybridized carbons (Fsp3) is 0.583. The van der Waals surface area contributed by atoms with Gasteiger partial charge in [-0.15, -0.1) is 0 Å². The molecule has 6 heteroatoms. The number of methoxy groups -OCH3 is 1. The standard InChI is InChI=1S/C12H17N3O3/c1-7-10(13-6-14-11(7)18-2)15-9-5-3-4-8(9)12(16)17/h6,8-9H,3-5H2,1-2H3,(H,16,17)(H,13,14,15). The Morgan fingerprint density at radius 3 is 2.94 bits per heavy atom. The zero-order chi connectivity index (χ0) is 13.1. The smallest absolute Gasteiger partial charge is 0.308 e. The lowest BCUT2D eigenvalue weighted by Crippen LogP contribution is -2.30. The SMILES string of the molecule is COc1ncnc(NC2CCCC2C(=O)O)c1C. The van der Waals surface area contributed by atoms with E-state index in [-0.39, 0.29) is 12.0 Å². The van der Waals surface area contributed by atoms with Crippen molar-refractivity contribution < 1.29 is 14.6 Å². The number of carboxylic acid groups (broad SMARTS) is 1. The average molecular weight is 251 g/mol. The molecule has 1 saturated carbocycles. The highest BCUT2D eigenvalue weighted by Crippen LogP contribution is 2.30. The van der Waals surface area contributed by atoms with Gasteiger partial charge in [0.25, 0.3) is 0 Å². The van der Waals surface area contributed by atoms with Gasteiger partial charge in [-0.25, -0.2) is 9.97 Å². The second-order valence-electron chi connectivity index (χ2n) is 4.48. The topological polar surface area (TPSA) is 84.3 Å². The van der Waals surface area contributed by atoms with Crippen molar-refractivity contribution in [2.45, 2.75) is 32.2 Å². The lowest BCUT2D eigenvalue weighted by molar-refractivity contribution is -0.141. The van der Waals surface area contributed by atoms with Crippen molar-refractivity contribution in [3.8, 4) is 5.88 Å². The number of hydrogen-bond acceptors (Lipinski definition) is 5. The second kappa shape index (κ2) is 5.20. The van der Waals surface area contributed by atoms with Gasteiger partial charge in [0, 0.05) is 6.04 Å². The molecule has 1 aliphatic carbocycles. The van der Waals surface area contributed by atoms with Gasteiger partial charge in [0.15, 0.2) is 0 Å². The van der Waals surface area contributed by atoms with Gasteiger partial charge in [0.2, 0.25) is 5.88 Å². The molecule has 0 aromatic carbocycles. The van der Waals surface area contributed by atoms with E-state index < -0.39 is 5.97 Å². The zero-order valence-corrected chi connectivity index (χ0v) is 10.5. The molecule has 0 saturated heterocycles. The number of carboxylic acids is 1. The zero-order valence-electron chi connectivity index (χ0n) is 10.5. The van der Waals surface area contributed by atoms with Crippen LogP contribution in [0.3, 0.4) is 0 Å². The molecule has 0 radical (unpaired) electrons. The summed E-state index contributed by atoms with van der Waals surface area (Å²) < 4.78 is 5.12. The molecular weight excluding hydrogens is 234 g/mol. The first kappa shape index (κ1) is 12.6. The van der Waals surface area contributed by atoms with Crippen LogP contribution in [0.4, 0.5) is 5.82 Å². The summed E-state index contributed by atoms with van der Waals surface area (Å²) in [6.07, 6.45) is 3.91. The third kappa shape index (κ3) is 2.37. The van der Waals surface area contributed by atoms with Crippen LogP contribution in [0.2, 0.25) is 0 Å². The molecule has 1 aromatic rings. The lowest BCUT2D eigenvalue weighted by atomic mass is 10.0. The van der Waals surface area contributed by atoms with E-state index in [0.717, 1.165) is 18.4 Å². The number of anilines is 1. The minimum absolute atomic E-state index is 0.0687. The number of carbonyl (C=O) groups is 1. The Bertz CT molecular complexity index is 450. The minimum Gasteiger partial charge on any atom is -0.481 e. The van der Waals surface area contributed by atoms with Crippen molar-refractivity contribution in [2.24, 2.45) is 5.92 Å². The summed E-state index contributed by atoms with van der Waals surface area (Å²) in [5.74, 6) is 0.0754. The maximum Gasteiger partial charge on any atom is 0.308 e. The van der Waals surface area contributed by atoms with Crippen molar-refractivity contribution in [2.75, 3.05) is 12.4 Å². The van der Waals surface area contributed by atoms with Crippen LogP contribution in [0, 0.1) is 12.8 Å². The minimum atomic E-state index is -0.747. The number of aromatic nitrogens is 2. The Hall–Kier alpha value is -1.85. The van der Waals surface area contributed by atoms with Gasteiger partial charge in [0.1, 0.15) is 12.1 Å². The molecule has 1 heterocycles. The molecule has 0 spiro atoms. The number of aliphatic carboxylic acids is 1. The largest absolute Gasteiger partial charge is 0.481 e. The first-order valence-electron chi connectivity index (χ1n) is 5.98. The van der Waals surface area contributed by atoms with Gasteiger partial charge in [-0.1, -0.05) is 6.42 Å². The molecule has 6 nitrogen and oxygen atoms in total. The number of ether oxygens (including phenoxy) is 1. The number of rotatable bonds is 4. The van der Waals surface area contributed by atoms with Crippen molar-refractivity contribution in [3.63, 3.8) is 0 Å². The third-order valence-electron chi connectivity index (χ3n) is 3.39. The van der Waals surface area contributed by atoms with E-state index in [1.165, 1.54) is 6.33 Å². The molecule has 0 aliphatic heterocycles. The monoisotopic (exact) mass is 251 g/mol. The molecule has 0 amide bonds. The quantitative estimate of drug-likeness (QED) is 0.842. The summed E-state index contributed by atoms with van der Waals surface area (Å²) in [6.45, 7) is 1.85. The van der Waals surface area contributed by atoms with E-state index in [1.807, 2.05) is 6.92 Å². The summed E-state index contributed by atoms with van der Waals surface area (Å²) in [6, 6.07) is -0.0687. The second-order valence-corrected chi connectivity index (χ2v) is 4.48. The molecule has 1 aromatic heterocycles. The fourth-order valence-electron chi connectivity index (χ4n) is 2.39. The van der Waals surface area contributed by atoms with Crippen molar-refractivity contribution in [1.29, 1.82) is 0 Å². The van der Waals surface area contributed by atoms with E-state index in [4.69, 9.17) is 9.84 Å². The van der Waals surface area contributed by atoms with Gasteiger partial charge >= 0.3 is 5.97 Å². The third-order valence-corrected chi connectivity index (χ3v) is 3.39. The van der Waals surface area contributed by atoms with E-state index >= 15 is 0 Å². The predicted octanol–water partition coefficient (Wildman–Crippen LogP) is 1.46. The predicted molar refractivity (Wildman–Crippen MR) is 65.7 cm³/mol. The van der Waals surface area contributed by atoms with Crippen molar-refractivity contribution >= 4 is 11.8 Å². The normalized spacial score (nSPS) is 22.8. The maximum atomic E-state index is 11.1. The van der Waals surface area contributed by atoms with Crippen LogP contribution in [-0.4, -0.2) is 34.2 Å². The Kier molecular flexibility index (Phi) is 3.64. The van der Waals surface area contributed by atoms with Crippen LogP contribution >= 0.6 is 0 Å². The summed E-state index contributed by atoms with van der Waals surface area (Å²) in [4.78, 5) is 19.3. The number of hydrogen-bond donors (Lipinski definition) is 2. The van der Waals surface area contributed by atoms with E-state index in [0.29, 0.717) is 18.1 Å². The number of nitrogens with one attached hydrogen (secondary N) is 1. The average Bonchev–Trinajstić information content (AvgIpc) is 2.80. The van der Waals surface area contributed by atoms with Gasteiger partial charge < -0.3 is 15.2 Å². The highest BCUT2D eigenvalue weighted by Gasteiger charge is 2.33.